The molecule has 0 radical (unpaired) electrons. The molecular formula is C13H18F3NO. The average Bonchev–Trinajstić information content (AvgIpc) is 2.29. The largest absolute Gasteiger partial charge is 0.411 e. The molecule has 0 aliphatic heterocycles. The first-order chi connectivity index (χ1) is 8.35. The van der Waals surface area contributed by atoms with Crippen molar-refractivity contribution in [2.75, 3.05) is 6.61 Å². The molecule has 0 aromatic heterocycles. The van der Waals surface area contributed by atoms with Gasteiger partial charge in [0.2, 0.25) is 0 Å². The number of benzene rings is 1. The molecule has 2 N–H and O–H groups in total. The van der Waals surface area contributed by atoms with Crippen LogP contribution in [-0.4, -0.2) is 18.8 Å². The SMILES string of the molecule is CCC(N)C(OCC(F)(F)F)c1ccccc1C. The normalized spacial score (nSPS) is 15.4. The zero-order chi connectivity index (χ0) is 13.8. The number of nitrogens with two attached hydrogens (primary N) is 1. The molecule has 0 fully saturated rings. The number of hydrogen-bond acceptors (Lipinski definition) is 2. The van der Waals surface area contributed by atoms with Gasteiger partial charge in [0.05, 0.1) is 6.10 Å². The summed E-state index contributed by atoms with van der Waals surface area (Å²) in [6, 6.07) is 6.74. The van der Waals surface area contributed by atoms with E-state index in [1.54, 1.807) is 12.1 Å². The van der Waals surface area contributed by atoms with E-state index in [1.807, 2.05) is 26.0 Å². The molecule has 0 spiro atoms. The van der Waals surface area contributed by atoms with E-state index in [0.29, 0.717) is 6.42 Å². The minimum Gasteiger partial charge on any atom is -0.362 e. The van der Waals surface area contributed by atoms with E-state index in [4.69, 9.17) is 10.5 Å². The Morgan fingerprint density at radius 1 is 1.28 bits per heavy atom. The zero-order valence-electron chi connectivity index (χ0n) is 10.5. The number of hydrogen-bond donors (Lipinski definition) is 1. The van der Waals surface area contributed by atoms with E-state index in [-0.39, 0.29) is 0 Å². The van der Waals surface area contributed by atoms with E-state index < -0.39 is 24.9 Å². The van der Waals surface area contributed by atoms with Crippen molar-refractivity contribution in [3.05, 3.63) is 35.4 Å². The van der Waals surface area contributed by atoms with Crippen molar-refractivity contribution in [3.63, 3.8) is 0 Å². The molecule has 2 nitrogen and oxygen atoms in total. The third-order valence-corrected chi connectivity index (χ3v) is 2.78. The van der Waals surface area contributed by atoms with E-state index in [2.05, 4.69) is 0 Å². The minimum atomic E-state index is -4.34. The van der Waals surface area contributed by atoms with E-state index >= 15 is 0 Å². The van der Waals surface area contributed by atoms with Gasteiger partial charge >= 0.3 is 6.18 Å². The van der Waals surface area contributed by atoms with Crippen LogP contribution in [0.15, 0.2) is 24.3 Å². The second kappa shape index (κ2) is 6.20. The number of ether oxygens (including phenoxy) is 1. The smallest absolute Gasteiger partial charge is 0.362 e. The highest BCUT2D eigenvalue weighted by molar-refractivity contribution is 5.28. The molecule has 5 heteroatoms. The Kier molecular flexibility index (Phi) is 5.16. The monoisotopic (exact) mass is 261 g/mol. The first-order valence-electron chi connectivity index (χ1n) is 5.84. The lowest BCUT2D eigenvalue weighted by Crippen LogP contribution is -2.32. The van der Waals surface area contributed by atoms with Gasteiger partial charge in [-0.1, -0.05) is 31.2 Å². The van der Waals surface area contributed by atoms with Crippen molar-refractivity contribution >= 4 is 0 Å². The number of rotatable bonds is 5. The van der Waals surface area contributed by atoms with Gasteiger partial charge in [0.25, 0.3) is 0 Å². The average molecular weight is 261 g/mol. The van der Waals surface area contributed by atoms with Crippen LogP contribution in [-0.2, 0) is 4.74 Å². The fourth-order valence-corrected chi connectivity index (χ4v) is 1.75. The van der Waals surface area contributed by atoms with Gasteiger partial charge in [-0.15, -0.1) is 0 Å². The fourth-order valence-electron chi connectivity index (χ4n) is 1.75. The Labute approximate surface area is 105 Å². The van der Waals surface area contributed by atoms with Crippen LogP contribution in [0.2, 0.25) is 0 Å². The lowest BCUT2D eigenvalue weighted by Gasteiger charge is -2.25. The summed E-state index contributed by atoms with van der Waals surface area (Å²) in [6.45, 7) is 2.38. The summed E-state index contributed by atoms with van der Waals surface area (Å²) < 4.78 is 41.7. The van der Waals surface area contributed by atoms with Gasteiger partial charge in [-0.3, -0.25) is 0 Å². The predicted molar refractivity (Wildman–Crippen MR) is 64.2 cm³/mol. The van der Waals surface area contributed by atoms with Crippen LogP contribution >= 0.6 is 0 Å². The molecule has 2 unspecified atom stereocenters. The molecule has 102 valence electrons. The topological polar surface area (TPSA) is 35.2 Å². The highest BCUT2D eigenvalue weighted by atomic mass is 19.4. The van der Waals surface area contributed by atoms with Gasteiger partial charge in [0.15, 0.2) is 0 Å². The maximum atomic E-state index is 12.2. The van der Waals surface area contributed by atoms with Gasteiger partial charge in [-0.2, -0.15) is 13.2 Å². The molecule has 2 atom stereocenters. The van der Waals surface area contributed by atoms with Crippen molar-refractivity contribution in [3.8, 4) is 0 Å². The minimum absolute atomic E-state index is 0.451. The van der Waals surface area contributed by atoms with Crippen LogP contribution in [0, 0.1) is 6.92 Å². The summed E-state index contributed by atoms with van der Waals surface area (Å²) in [7, 11) is 0. The molecule has 0 aliphatic carbocycles. The molecule has 0 bridgehead atoms. The van der Waals surface area contributed by atoms with Crippen LogP contribution in [0.5, 0.6) is 0 Å². The summed E-state index contributed by atoms with van der Waals surface area (Å²) in [6.07, 6.45) is -4.51. The lowest BCUT2D eigenvalue weighted by atomic mass is 9.97. The maximum Gasteiger partial charge on any atom is 0.411 e. The Morgan fingerprint density at radius 3 is 2.39 bits per heavy atom. The molecule has 18 heavy (non-hydrogen) atoms. The van der Waals surface area contributed by atoms with Crippen LogP contribution in [0.3, 0.4) is 0 Å². The summed E-state index contributed by atoms with van der Waals surface area (Å²) in [5, 5.41) is 0. The summed E-state index contributed by atoms with van der Waals surface area (Å²) in [4.78, 5) is 0. The summed E-state index contributed by atoms with van der Waals surface area (Å²) in [5.41, 5.74) is 7.46. The maximum absolute atomic E-state index is 12.2. The first-order valence-corrected chi connectivity index (χ1v) is 5.84. The molecular weight excluding hydrogens is 243 g/mol. The van der Waals surface area contributed by atoms with Crippen molar-refractivity contribution < 1.29 is 17.9 Å². The summed E-state index contributed by atoms with van der Waals surface area (Å²) in [5.74, 6) is 0. The molecule has 0 saturated carbocycles. The van der Waals surface area contributed by atoms with E-state index in [1.165, 1.54) is 0 Å². The third kappa shape index (κ3) is 4.31. The molecule has 0 saturated heterocycles. The van der Waals surface area contributed by atoms with Crippen LogP contribution in [0.4, 0.5) is 13.2 Å². The van der Waals surface area contributed by atoms with Gasteiger partial charge in [-0.25, -0.2) is 0 Å². The molecule has 0 heterocycles. The lowest BCUT2D eigenvalue weighted by molar-refractivity contribution is -0.188. The highest BCUT2D eigenvalue weighted by Crippen LogP contribution is 2.27. The standard InChI is InChI=1S/C13H18F3NO/c1-3-11(17)12(18-8-13(14,15)16)10-7-5-4-6-9(10)2/h4-7,11-12H,3,8,17H2,1-2H3. The van der Waals surface area contributed by atoms with E-state index in [0.717, 1.165) is 11.1 Å². The van der Waals surface area contributed by atoms with Crippen molar-refractivity contribution in [1.29, 1.82) is 0 Å². The highest BCUT2D eigenvalue weighted by Gasteiger charge is 2.31. The van der Waals surface area contributed by atoms with Gasteiger partial charge in [-0.05, 0) is 24.5 Å². The predicted octanol–water partition coefficient (Wildman–Crippen LogP) is 3.35. The third-order valence-electron chi connectivity index (χ3n) is 2.78. The number of alkyl halides is 3. The van der Waals surface area contributed by atoms with Gasteiger partial charge in [0.1, 0.15) is 6.61 Å². The Bertz CT molecular complexity index is 379. The van der Waals surface area contributed by atoms with E-state index in [9.17, 15) is 13.2 Å². The second-order valence-electron chi connectivity index (χ2n) is 4.28. The first kappa shape index (κ1) is 15.0. The fraction of sp³-hybridized carbons (Fsp3) is 0.538. The molecule has 0 aliphatic rings. The van der Waals surface area contributed by atoms with Crippen LogP contribution < -0.4 is 5.73 Å². The van der Waals surface area contributed by atoms with Gasteiger partial charge < -0.3 is 10.5 Å². The Morgan fingerprint density at radius 2 is 1.89 bits per heavy atom. The zero-order valence-corrected chi connectivity index (χ0v) is 10.5. The van der Waals surface area contributed by atoms with Crippen molar-refractivity contribution in [2.24, 2.45) is 5.73 Å². The quantitative estimate of drug-likeness (QED) is 0.882. The van der Waals surface area contributed by atoms with Crippen LogP contribution in [0.1, 0.15) is 30.6 Å². The molecule has 0 amide bonds. The Balaban J connectivity index is 2.89. The molecule has 1 aromatic carbocycles. The van der Waals surface area contributed by atoms with Gasteiger partial charge in [0, 0.05) is 6.04 Å². The second-order valence-corrected chi connectivity index (χ2v) is 4.28. The number of aryl methyl sites for hydroxylation is 1. The number of halogens is 3. The molecule has 1 rings (SSSR count). The van der Waals surface area contributed by atoms with Crippen molar-refractivity contribution in [1.82, 2.24) is 0 Å². The van der Waals surface area contributed by atoms with Crippen LogP contribution in [0.25, 0.3) is 0 Å². The van der Waals surface area contributed by atoms with Crippen molar-refractivity contribution in [2.45, 2.75) is 38.6 Å². The Hall–Kier alpha value is -1.07. The molecule has 1 aromatic rings. The summed E-state index contributed by atoms with van der Waals surface area (Å²) >= 11 is 0.